The molecule has 224 valence electrons. The van der Waals surface area contributed by atoms with E-state index in [2.05, 4.69) is 10.6 Å². The minimum absolute atomic E-state index is 0.00565. The summed E-state index contributed by atoms with van der Waals surface area (Å²) in [5, 5.41) is 21.3. The van der Waals surface area contributed by atoms with Crippen LogP contribution in [0.15, 0.2) is 48.5 Å². The molecule has 2 aromatic rings. The van der Waals surface area contributed by atoms with E-state index in [1.807, 2.05) is 30.3 Å². The largest absolute Gasteiger partial charge is 0.473 e. The molecule has 2 aliphatic heterocycles. The van der Waals surface area contributed by atoms with Gasteiger partial charge in [-0.05, 0) is 55.5 Å². The maximum atomic E-state index is 13.3. The average Bonchev–Trinajstić information content (AvgIpc) is 3.27. The number of carbonyl (C=O) groups is 3. The van der Waals surface area contributed by atoms with Crippen molar-refractivity contribution in [3.63, 3.8) is 0 Å². The third-order valence-corrected chi connectivity index (χ3v) is 7.20. The van der Waals surface area contributed by atoms with Crippen molar-refractivity contribution in [2.75, 3.05) is 13.2 Å². The van der Waals surface area contributed by atoms with Gasteiger partial charge in [-0.2, -0.15) is 26.3 Å². The predicted octanol–water partition coefficient (Wildman–Crippen LogP) is 4.89. The van der Waals surface area contributed by atoms with E-state index in [0.29, 0.717) is 44.4 Å². The van der Waals surface area contributed by atoms with Gasteiger partial charge in [-0.15, -0.1) is 0 Å². The molecule has 8 nitrogen and oxygen atoms in total. The Bertz CT molecular complexity index is 1210. The Morgan fingerprint density at radius 1 is 0.927 bits per heavy atom. The molecule has 0 aliphatic carbocycles. The van der Waals surface area contributed by atoms with Crippen LogP contribution in [0, 0.1) is 0 Å². The summed E-state index contributed by atoms with van der Waals surface area (Å²) < 4.78 is 85.6. The number of amides is 1. The lowest BCUT2D eigenvalue weighted by molar-refractivity contribution is -0.159. The fraction of sp³-hybridized carbons (Fsp3) is 0.444. The quantitative estimate of drug-likeness (QED) is 0.289. The van der Waals surface area contributed by atoms with Crippen LogP contribution in [0.4, 0.5) is 26.3 Å². The third-order valence-electron chi connectivity index (χ3n) is 7.20. The summed E-state index contributed by atoms with van der Waals surface area (Å²) in [6.07, 6.45) is -8.49. The molecule has 0 aromatic heterocycles. The van der Waals surface area contributed by atoms with Gasteiger partial charge in [0.1, 0.15) is 0 Å². The summed E-state index contributed by atoms with van der Waals surface area (Å²) >= 11 is 0. The molecular weight excluding hydrogens is 562 g/mol. The van der Waals surface area contributed by atoms with Gasteiger partial charge in [-0.1, -0.05) is 30.3 Å². The number of halogens is 6. The zero-order chi connectivity index (χ0) is 30.6. The molecule has 0 bridgehead atoms. The molecule has 2 saturated heterocycles. The summed E-state index contributed by atoms with van der Waals surface area (Å²) in [4.78, 5) is 30.0. The monoisotopic (exact) mass is 590 g/mol. The van der Waals surface area contributed by atoms with Crippen LogP contribution in [0.1, 0.15) is 61.0 Å². The third kappa shape index (κ3) is 7.97. The number of carboxylic acids is 2. The molecule has 1 amide bonds. The molecule has 0 saturated carbocycles. The number of benzene rings is 2. The average molecular weight is 591 g/mol. The summed E-state index contributed by atoms with van der Waals surface area (Å²) in [5.41, 5.74) is -3.11. The number of piperidine rings is 1. The molecule has 2 aliphatic rings. The van der Waals surface area contributed by atoms with Gasteiger partial charge in [0.05, 0.1) is 34.9 Å². The Morgan fingerprint density at radius 2 is 1.49 bits per heavy atom. The highest BCUT2D eigenvalue weighted by Gasteiger charge is 2.47. The molecule has 2 heterocycles. The van der Waals surface area contributed by atoms with Crippen molar-refractivity contribution in [3.8, 4) is 0 Å². The first-order valence-electron chi connectivity index (χ1n) is 12.5. The first-order valence-corrected chi connectivity index (χ1v) is 12.5. The second kappa shape index (κ2) is 12.1. The molecule has 2 fully saturated rings. The van der Waals surface area contributed by atoms with E-state index < -0.39 is 47.1 Å². The molecule has 4 rings (SSSR count). The van der Waals surface area contributed by atoms with Gasteiger partial charge < -0.3 is 25.6 Å². The van der Waals surface area contributed by atoms with Crippen LogP contribution in [-0.4, -0.2) is 46.7 Å². The number of hydrogen-bond acceptors (Lipinski definition) is 5. The van der Waals surface area contributed by atoms with Gasteiger partial charge in [0.15, 0.2) is 0 Å². The molecule has 0 radical (unpaired) electrons. The van der Waals surface area contributed by atoms with E-state index in [1.165, 1.54) is 6.92 Å². The Balaban J connectivity index is 0.000000696. The van der Waals surface area contributed by atoms with Crippen molar-refractivity contribution in [2.24, 2.45) is 0 Å². The number of ether oxygens (including phenoxy) is 1. The number of hydrogen-bond donors (Lipinski definition) is 4. The van der Waals surface area contributed by atoms with Crippen LogP contribution in [0.25, 0.3) is 0 Å². The van der Waals surface area contributed by atoms with E-state index in [1.54, 1.807) is 0 Å². The number of rotatable bonds is 5. The van der Waals surface area contributed by atoms with E-state index in [0.717, 1.165) is 5.56 Å². The lowest BCUT2D eigenvalue weighted by Gasteiger charge is -2.46. The van der Waals surface area contributed by atoms with E-state index in [-0.39, 0.29) is 29.7 Å². The van der Waals surface area contributed by atoms with Crippen LogP contribution in [-0.2, 0) is 37.0 Å². The maximum absolute atomic E-state index is 13.3. The summed E-state index contributed by atoms with van der Waals surface area (Å²) in [6.45, 7) is 1.95. The Kier molecular flexibility index (Phi) is 9.38. The van der Waals surface area contributed by atoms with E-state index >= 15 is 0 Å². The lowest BCUT2D eigenvalue weighted by Crippen LogP contribution is -2.61. The van der Waals surface area contributed by atoms with Crippen LogP contribution >= 0.6 is 0 Å². The van der Waals surface area contributed by atoms with Crippen molar-refractivity contribution in [3.05, 3.63) is 70.8 Å². The SMILES string of the molecule is C[C@@H](OC[C@@]1(c2ccccc2)CC[C@]2(CCC(=O)N2)CN1)c1cc(C(F)(F)F)cc(C(F)(F)F)c1.O=C(O)C(=O)O. The van der Waals surface area contributed by atoms with Gasteiger partial charge in [0, 0.05) is 13.0 Å². The number of carboxylic acid groups (broad SMARTS) is 2. The maximum Gasteiger partial charge on any atom is 0.416 e. The lowest BCUT2D eigenvalue weighted by atomic mass is 9.76. The first-order chi connectivity index (χ1) is 19.0. The minimum Gasteiger partial charge on any atom is -0.473 e. The standard InChI is InChI=1S/C25H26F6N2O2.C2H2O4/c1-16(17-11-19(24(26,27)28)13-20(12-17)25(29,30)31)35-15-23(18-5-3-2-4-6-18)10-9-22(14-32-23)8-7-21(34)33-22;3-1(4)2(5)6/h2-6,11-13,16,32H,7-10,14-15H2,1H3,(H,33,34);(H,3,4)(H,5,6)/t16-,22-,23-;/m1./s1. The van der Waals surface area contributed by atoms with Gasteiger partial charge in [0.2, 0.25) is 5.91 Å². The van der Waals surface area contributed by atoms with Gasteiger partial charge >= 0.3 is 24.3 Å². The molecule has 41 heavy (non-hydrogen) atoms. The van der Waals surface area contributed by atoms with Crippen molar-refractivity contribution in [1.82, 2.24) is 10.6 Å². The number of alkyl halides is 6. The number of nitrogens with one attached hydrogen (secondary N) is 2. The molecule has 3 atom stereocenters. The highest BCUT2D eigenvalue weighted by atomic mass is 19.4. The molecule has 14 heteroatoms. The zero-order valence-electron chi connectivity index (χ0n) is 21.7. The van der Waals surface area contributed by atoms with Crippen LogP contribution < -0.4 is 10.6 Å². The van der Waals surface area contributed by atoms with Gasteiger partial charge in [0.25, 0.3) is 0 Å². The number of carbonyl (C=O) groups excluding carboxylic acids is 1. The molecular formula is C27H28F6N2O6. The van der Waals surface area contributed by atoms with Gasteiger partial charge in [-0.25, -0.2) is 9.59 Å². The van der Waals surface area contributed by atoms with Crippen molar-refractivity contribution in [1.29, 1.82) is 0 Å². The Morgan fingerprint density at radius 3 is 1.90 bits per heavy atom. The number of aliphatic carboxylic acids is 2. The normalized spacial score (nSPS) is 23.3. The molecule has 0 unspecified atom stereocenters. The zero-order valence-corrected chi connectivity index (χ0v) is 21.7. The molecule has 4 N–H and O–H groups in total. The Hall–Kier alpha value is -3.65. The minimum atomic E-state index is -4.92. The van der Waals surface area contributed by atoms with Crippen molar-refractivity contribution in [2.45, 2.75) is 62.1 Å². The molecule has 2 aromatic carbocycles. The predicted molar refractivity (Wildman–Crippen MR) is 132 cm³/mol. The topological polar surface area (TPSA) is 125 Å². The van der Waals surface area contributed by atoms with E-state index in [4.69, 9.17) is 24.5 Å². The Labute approximate surface area is 230 Å². The van der Waals surface area contributed by atoms with E-state index in [9.17, 15) is 31.1 Å². The highest BCUT2D eigenvalue weighted by molar-refractivity contribution is 6.27. The van der Waals surface area contributed by atoms with Crippen molar-refractivity contribution >= 4 is 17.8 Å². The van der Waals surface area contributed by atoms with Crippen molar-refractivity contribution < 1.29 is 55.7 Å². The second-order valence-corrected chi connectivity index (χ2v) is 10.0. The molecule has 1 spiro atoms. The van der Waals surface area contributed by atoms with Crippen LogP contribution in [0.5, 0.6) is 0 Å². The van der Waals surface area contributed by atoms with Crippen LogP contribution in [0.3, 0.4) is 0 Å². The highest BCUT2D eigenvalue weighted by Crippen LogP contribution is 2.41. The fourth-order valence-electron chi connectivity index (χ4n) is 4.85. The summed E-state index contributed by atoms with van der Waals surface area (Å²) in [7, 11) is 0. The summed E-state index contributed by atoms with van der Waals surface area (Å²) in [5.74, 6) is -3.65. The second-order valence-electron chi connectivity index (χ2n) is 10.0. The van der Waals surface area contributed by atoms with Gasteiger partial charge in [-0.3, -0.25) is 4.79 Å². The smallest absolute Gasteiger partial charge is 0.416 e. The fourth-order valence-corrected chi connectivity index (χ4v) is 4.85. The first kappa shape index (κ1) is 31.9. The summed E-state index contributed by atoms with van der Waals surface area (Å²) in [6, 6.07) is 10.9. The van der Waals surface area contributed by atoms with Crippen LogP contribution in [0.2, 0.25) is 0 Å².